The van der Waals surface area contributed by atoms with Crippen molar-refractivity contribution in [3.05, 3.63) is 24.3 Å². The number of anilines is 1. The lowest BCUT2D eigenvalue weighted by molar-refractivity contribution is -0.139. The summed E-state index contributed by atoms with van der Waals surface area (Å²) in [5.41, 5.74) is -0.127. The Labute approximate surface area is 123 Å². The SMILES string of the molecule is CN(C(=O)Nc1ccc(OCC(=O)O)cc1)C(C)(C)CO. The molecule has 1 aromatic rings. The maximum atomic E-state index is 12.0. The van der Waals surface area contributed by atoms with Gasteiger partial charge in [-0.15, -0.1) is 0 Å². The van der Waals surface area contributed by atoms with Crippen molar-refractivity contribution >= 4 is 17.7 Å². The van der Waals surface area contributed by atoms with E-state index in [9.17, 15) is 14.7 Å². The predicted molar refractivity (Wildman–Crippen MR) is 77.5 cm³/mol. The van der Waals surface area contributed by atoms with E-state index in [0.717, 1.165) is 0 Å². The summed E-state index contributed by atoms with van der Waals surface area (Å²) < 4.78 is 4.99. The van der Waals surface area contributed by atoms with Crippen molar-refractivity contribution in [1.29, 1.82) is 0 Å². The van der Waals surface area contributed by atoms with Crippen LogP contribution < -0.4 is 10.1 Å². The van der Waals surface area contributed by atoms with Gasteiger partial charge in [-0.2, -0.15) is 0 Å². The Morgan fingerprint density at radius 1 is 1.29 bits per heavy atom. The molecule has 21 heavy (non-hydrogen) atoms. The fraction of sp³-hybridized carbons (Fsp3) is 0.429. The van der Waals surface area contributed by atoms with Gasteiger partial charge in [0.05, 0.1) is 12.1 Å². The van der Waals surface area contributed by atoms with Crippen LogP contribution in [0.4, 0.5) is 10.5 Å². The Kier molecular flexibility index (Phi) is 5.54. The summed E-state index contributed by atoms with van der Waals surface area (Å²) in [6.45, 7) is 2.92. The number of amides is 2. The molecule has 7 heteroatoms. The molecular weight excluding hydrogens is 276 g/mol. The van der Waals surface area contributed by atoms with E-state index in [4.69, 9.17) is 9.84 Å². The number of carboxylic acid groups (broad SMARTS) is 1. The molecule has 1 aromatic carbocycles. The number of carbonyl (C=O) groups excluding carboxylic acids is 1. The maximum absolute atomic E-state index is 12.0. The first kappa shape index (κ1) is 16.8. The quantitative estimate of drug-likeness (QED) is 0.736. The van der Waals surface area contributed by atoms with Gasteiger partial charge in [-0.3, -0.25) is 0 Å². The molecule has 0 radical (unpaired) electrons. The van der Waals surface area contributed by atoms with Crippen molar-refractivity contribution in [2.24, 2.45) is 0 Å². The van der Waals surface area contributed by atoms with Crippen molar-refractivity contribution < 1.29 is 24.5 Å². The largest absolute Gasteiger partial charge is 0.482 e. The number of carbonyl (C=O) groups is 2. The molecule has 0 heterocycles. The van der Waals surface area contributed by atoms with Gasteiger partial charge < -0.3 is 25.2 Å². The summed E-state index contributed by atoms with van der Waals surface area (Å²) in [7, 11) is 1.59. The van der Waals surface area contributed by atoms with Gasteiger partial charge in [-0.05, 0) is 38.1 Å². The number of hydrogen-bond acceptors (Lipinski definition) is 4. The first-order valence-electron chi connectivity index (χ1n) is 6.36. The monoisotopic (exact) mass is 296 g/mol. The van der Waals surface area contributed by atoms with Gasteiger partial charge in [0.1, 0.15) is 5.75 Å². The number of likely N-dealkylation sites (N-methyl/N-ethyl adjacent to an activating group) is 1. The van der Waals surface area contributed by atoms with Crippen molar-refractivity contribution in [3.8, 4) is 5.75 Å². The average Bonchev–Trinajstić information content (AvgIpc) is 2.45. The van der Waals surface area contributed by atoms with E-state index in [-0.39, 0.29) is 12.6 Å². The molecule has 0 unspecified atom stereocenters. The zero-order valence-electron chi connectivity index (χ0n) is 12.3. The van der Waals surface area contributed by atoms with Crippen LogP contribution in [0.15, 0.2) is 24.3 Å². The van der Waals surface area contributed by atoms with E-state index in [0.29, 0.717) is 11.4 Å². The number of hydrogen-bond donors (Lipinski definition) is 3. The highest BCUT2D eigenvalue weighted by molar-refractivity contribution is 5.89. The van der Waals surface area contributed by atoms with Crippen LogP contribution in [0.2, 0.25) is 0 Å². The average molecular weight is 296 g/mol. The fourth-order valence-electron chi connectivity index (χ4n) is 1.37. The molecule has 2 amide bonds. The van der Waals surface area contributed by atoms with Gasteiger partial charge >= 0.3 is 12.0 Å². The third-order valence-corrected chi connectivity index (χ3v) is 3.07. The number of nitrogens with zero attached hydrogens (tertiary/aromatic N) is 1. The number of aliphatic hydroxyl groups is 1. The van der Waals surface area contributed by atoms with Crippen LogP contribution in [-0.4, -0.2) is 52.9 Å². The number of rotatable bonds is 6. The molecule has 0 fully saturated rings. The molecule has 0 aliphatic rings. The highest BCUT2D eigenvalue weighted by Gasteiger charge is 2.26. The molecule has 0 atom stereocenters. The van der Waals surface area contributed by atoms with Crippen molar-refractivity contribution in [2.45, 2.75) is 19.4 Å². The van der Waals surface area contributed by atoms with Crippen molar-refractivity contribution in [1.82, 2.24) is 4.90 Å². The van der Waals surface area contributed by atoms with Gasteiger partial charge in [0.25, 0.3) is 0 Å². The number of aliphatic hydroxyl groups excluding tert-OH is 1. The summed E-state index contributed by atoms with van der Waals surface area (Å²) in [5.74, 6) is -0.653. The minimum atomic E-state index is -1.06. The predicted octanol–water partition coefficient (Wildman–Crippen LogP) is 1.38. The molecule has 0 aromatic heterocycles. The number of aliphatic carboxylic acids is 1. The van der Waals surface area contributed by atoms with E-state index in [1.54, 1.807) is 45.2 Å². The Morgan fingerprint density at radius 3 is 2.33 bits per heavy atom. The standard InChI is InChI=1S/C14H20N2O5/c1-14(2,9-17)16(3)13(20)15-10-4-6-11(7-5-10)21-8-12(18)19/h4-7,17H,8-9H2,1-3H3,(H,15,20)(H,18,19). The van der Waals surface area contributed by atoms with E-state index < -0.39 is 18.1 Å². The smallest absolute Gasteiger partial charge is 0.341 e. The maximum Gasteiger partial charge on any atom is 0.341 e. The fourth-order valence-corrected chi connectivity index (χ4v) is 1.37. The Bertz CT molecular complexity index is 499. The molecule has 0 aliphatic heterocycles. The number of urea groups is 1. The van der Waals surface area contributed by atoms with Crippen molar-refractivity contribution in [2.75, 3.05) is 25.6 Å². The van der Waals surface area contributed by atoms with Gasteiger partial charge in [0.15, 0.2) is 6.61 Å². The third kappa shape index (κ3) is 4.96. The molecule has 3 N–H and O–H groups in total. The number of benzene rings is 1. The molecular formula is C14H20N2O5. The van der Waals surface area contributed by atoms with Gasteiger partial charge in [-0.1, -0.05) is 0 Å². The van der Waals surface area contributed by atoms with Gasteiger partial charge in [0.2, 0.25) is 0 Å². The van der Waals surface area contributed by atoms with Crippen LogP contribution in [0.3, 0.4) is 0 Å². The Hall–Kier alpha value is -2.28. The summed E-state index contributed by atoms with van der Waals surface area (Å²) >= 11 is 0. The summed E-state index contributed by atoms with van der Waals surface area (Å²) in [5, 5.41) is 20.4. The van der Waals surface area contributed by atoms with E-state index >= 15 is 0 Å². The van der Waals surface area contributed by atoms with Crippen LogP contribution in [-0.2, 0) is 4.79 Å². The second-order valence-electron chi connectivity index (χ2n) is 5.17. The lowest BCUT2D eigenvalue weighted by Crippen LogP contribution is -2.49. The van der Waals surface area contributed by atoms with Crippen LogP contribution in [0.5, 0.6) is 5.75 Å². The van der Waals surface area contributed by atoms with Gasteiger partial charge in [-0.25, -0.2) is 9.59 Å². The van der Waals surface area contributed by atoms with Crippen LogP contribution in [0, 0.1) is 0 Å². The van der Waals surface area contributed by atoms with Crippen LogP contribution in [0.25, 0.3) is 0 Å². The topological polar surface area (TPSA) is 99.1 Å². The van der Waals surface area contributed by atoms with Gasteiger partial charge in [0, 0.05) is 12.7 Å². The zero-order chi connectivity index (χ0) is 16.0. The lowest BCUT2D eigenvalue weighted by Gasteiger charge is -2.33. The molecule has 0 aliphatic carbocycles. The molecule has 7 nitrogen and oxygen atoms in total. The number of carboxylic acids is 1. The zero-order valence-corrected chi connectivity index (χ0v) is 12.3. The molecule has 0 bridgehead atoms. The first-order chi connectivity index (χ1) is 9.76. The van der Waals surface area contributed by atoms with E-state index in [2.05, 4.69) is 5.32 Å². The highest BCUT2D eigenvalue weighted by atomic mass is 16.5. The lowest BCUT2D eigenvalue weighted by atomic mass is 10.1. The van der Waals surface area contributed by atoms with Crippen molar-refractivity contribution in [3.63, 3.8) is 0 Å². The molecule has 0 saturated carbocycles. The molecule has 1 rings (SSSR count). The molecule has 0 saturated heterocycles. The second kappa shape index (κ2) is 6.94. The summed E-state index contributed by atoms with van der Waals surface area (Å²) in [6.07, 6.45) is 0. The third-order valence-electron chi connectivity index (χ3n) is 3.07. The minimum absolute atomic E-state index is 0.154. The second-order valence-corrected chi connectivity index (χ2v) is 5.17. The highest BCUT2D eigenvalue weighted by Crippen LogP contribution is 2.18. The first-order valence-corrected chi connectivity index (χ1v) is 6.36. The van der Waals surface area contributed by atoms with Crippen LogP contribution in [0.1, 0.15) is 13.8 Å². The Morgan fingerprint density at radius 2 is 1.86 bits per heavy atom. The molecule has 0 spiro atoms. The summed E-state index contributed by atoms with van der Waals surface area (Å²) in [4.78, 5) is 23.8. The Balaban J connectivity index is 2.63. The van der Waals surface area contributed by atoms with Crippen LogP contribution >= 0.6 is 0 Å². The number of nitrogens with one attached hydrogen (secondary N) is 1. The number of ether oxygens (including phenoxy) is 1. The van der Waals surface area contributed by atoms with E-state index in [1.807, 2.05) is 0 Å². The molecule has 116 valence electrons. The minimum Gasteiger partial charge on any atom is -0.482 e. The summed E-state index contributed by atoms with van der Waals surface area (Å²) in [6, 6.07) is 5.99. The van der Waals surface area contributed by atoms with E-state index in [1.165, 1.54) is 4.90 Å². The normalized spacial score (nSPS) is 10.9.